The Hall–Kier alpha value is -5.16. The summed E-state index contributed by atoms with van der Waals surface area (Å²) in [6.07, 6.45) is 0. The lowest BCUT2D eigenvalue weighted by Crippen LogP contribution is -2.19. The minimum atomic E-state index is -3.23. The highest BCUT2D eigenvalue weighted by Gasteiger charge is 2.22. The van der Waals surface area contributed by atoms with Crippen molar-refractivity contribution in [3.05, 3.63) is 102 Å². The van der Waals surface area contributed by atoms with Crippen LogP contribution in [0.5, 0.6) is 11.5 Å². The maximum Gasteiger partial charge on any atom is 0.255 e. The number of para-hydroxylation sites is 2. The third kappa shape index (κ3) is 6.20. The van der Waals surface area contributed by atoms with Gasteiger partial charge in [-0.05, 0) is 49.4 Å². The van der Waals surface area contributed by atoms with Gasteiger partial charge in [0.2, 0.25) is 10.9 Å². The number of thiol groups is 1. The maximum absolute atomic E-state index is 12.8. The number of carbonyl (C=O) groups excluding carboxylic acids is 1. The predicted octanol–water partition coefficient (Wildman–Crippen LogP) is 5.62. The summed E-state index contributed by atoms with van der Waals surface area (Å²) in [6, 6.07) is 26.0. The number of hydrogen-bond acceptors (Lipinski definition) is 8. The lowest BCUT2D eigenvalue weighted by atomic mass is 10.1. The average molecular weight is 570 g/mol. The van der Waals surface area contributed by atoms with Crippen molar-refractivity contribution in [2.24, 2.45) is 0 Å². The molecule has 0 bridgehead atoms. The fraction of sp³-hybridized carbons (Fsp3) is 0.100. The molecule has 0 unspecified atom stereocenters. The Morgan fingerprint density at radius 2 is 1.44 bits per heavy atom. The summed E-state index contributed by atoms with van der Waals surface area (Å²) in [5, 5.41) is 6.01. The Morgan fingerprint density at radius 3 is 2.07 bits per heavy atom. The number of hydrogen-bond donors (Lipinski definition) is 3. The Balaban J connectivity index is 1.57. The highest BCUT2D eigenvalue weighted by molar-refractivity contribution is 7.74. The first-order valence-electron chi connectivity index (χ1n) is 12.5. The van der Waals surface area contributed by atoms with Crippen molar-refractivity contribution in [3.8, 4) is 11.5 Å². The van der Waals surface area contributed by atoms with Crippen molar-refractivity contribution in [1.29, 1.82) is 0 Å². The normalized spacial score (nSPS) is 10.8. The van der Waals surface area contributed by atoms with Crippen LogP contribution < -0.4 is 24.4 Å². The molecule has 2 N–H and O–H groups in total. The van der Waals surface area contributed by atoms with Crippen LogP contribution in [0.3, 0.4) is 0 Å². The zero-order valence-electron chi connectivity index (χ0n) is 22.5. The third-order valence-electron chi connectivity index (χ3n) is 6.19. The molecule has 0 radical (unpaired) electrons. The van der Waals surface area contributed by atoms with Crippen LogP contribution in [-0.2, 0) is 10.9 Å². The predicted molar refractivity (Wildman–Crippen MR) is 160 cm³/mol. The Kier molecular flexibility index (Phi) is 7.97. The van der Waals surface area contributed by atoms with Crippen molar-refractivity contribution < 1.29 is 22.7 Å². The molecule has 208 valence electrons. The summed E-state index contributed by atoms with van der Waals surface area (Å²) in [4.78, 5) is 22.2. The first-order chi connectivity index (χ1) is 19.8. The number of ether oxygens (including phenoxy) is 2. The molecule has 0 spiro atoms. The van der Waals surface area contributed by atoms with Crippen LogP contribution in [0.1, 0.15) is 15.9 Å². The van der Waals surface area contributed by atoms with Crippen LogP contribution in [0.2, 0.25) is 0 Å². The number of nitrogens with zero attached hydrogens (tertiary/aromatic N) is 3. The molecule has 5 rings (SSSR count). The van der Waals surface area contributed by atoms with Crippen LogP contribution in [0.15, 0.2) is 91.0 Å². The first kappa shape index (κ1) is 27.4. The molecule has 41 heavy (non-hydrogen) atoms. The van der Waals surface area contributed by atoms with E-state index in [9.17, 15) is 13.2 Å². The van der Waals surface area contributed by atoms with E-state index in [4.69, 9.17) is 14.5 Å². The summed E-state index contributed by atoms with van der Waals surface area (Å²) in [5.41, 5.74) is 3.80. The minimum absolute atomic E-state index is 0.0450. The van der Waals surface area contributed by atoms with Gasteiger partial charge in [0.1, 0.15) is 11.5 Å². The molecule has 0 fully saturated rings. The van der Waals surface area contributed by atoms with Gasteiger partial charge in [-0.3, -0.25) is 4.79 Å². The maximum atomic E-state index is 12.8. The Labute approximate surface area is 238 Å². The van der Waals surface area contributed by atoms with E-state index in [-0.39, 0.29) is 23.2 Å². The largest absolute Gasteiger partial charge is 0.497 e. The van der Waals surface area contributed by atoms with Crippen molar-refractivity contribution in [2.75, 3.05) is 29.2 Å². The van der Waals surface area contributed by atoms with Gasteiger partial charge in [0, 0.05) is 35.1 Å². The number of aromatic nitrogens is 2. The summed E-state index contributed by atoms with van der Waals surface area (Å²) in [6.45, 7) is 1.94. The minimum Gasteiger partial charge on any atom is -0.497 e. The van der Waals surface area contributed by atoms with E-state index in [1.807, 2.05) is 25.1 Å². The number of fused-ring (bicyclic) bond motifs is 1. The molecule has 0 saturated carbocycles. The SMILES string of the molecule is COc1cc(Nc2nc3ccccc3nc2N(c2cccc(NC(=O)c3ccc(C)cc3)c2)[SH](=O)=O)cc(OC)c1. The number of nitrogens with one attached hydrogen (secondary N) is 2. The molecule has 0 aliphatic heterocycles. The molecule has 4 aromatic carbocycles. The summed E-state index contributed by atoms with van der Waals surface area (Å²) in [7, 11) is -0.161. The number of amides is 1. The van der Waals surface area contributed by atoms with Gasteiger partial charge < -0.3 is 20.1 Å². The van der Waals surface area contributed by atoms with Gasteiger partial charge in [-0.2, -0.15) is 0 Å². The van der Waals surface area contributed by atoms with Crippen LogP contribution in [-0.4, -0.2) is 38.5 Å². The van der Waals surface area contributed by atoms with Crippen molar-refractivity contribution in [2.45, 2.75) is 6.92 Å². The van der Waals surface area contributed by atoms with Crippen molar-refractivity contribution in [1.82, 2.24) is 9.97 Å². The molecule has 10 nitrogen and oxygen atoms in total. The zero-order chi connectivity index (χ0) is 28.9. The van der Waals surface area contributed by atoms with Gasteiger partial charge in [-0.1, -0.05) is 35.9 Å². The lowest BCUT2D eigenvalue weighted by Gasteiger charge is -2.21. The van der Waals surface area contributed by atoms with Gasteiger partial charge in [0.15, 0.2) is 11.6 Å². The molecular formula is C30H27N5O5S. The fourth-order valence-corrected chi connectivity index (χ4v) is 4.76. The smallest absolute Gasteiger partial charge is 0.255 e. The van der Waals surface area contributed by atoms with Gasteiger partial charge in [0.05, 0.1) is 30.9 Å². The van der Waals surface area contributed by atoms with Gasteiger partial charge in [0.25, 0.3) is 5.91 Å². The van der Waals surface area contributed by atoms with E-state index in [1.54, 1.807) is 72.8 Å². The molecule has 1 heterocycles. The number of carbonyl (C=O) groups is 1. The highest BCUT2D eigenvalue weighted by Crippen LogP contribution is 2.35. The molecule has 5 aromatic rings. The van der Waals surface area contributed by atoms with Crippen LogP contribution in [0.25, 0.3) is 11.0 Å². The number of aryl methyl sites for hydroxylation is 1. The number of methoxy groups -OCH3 is 2. The molecular weight excluding hydrogens is 542 g/mol. The Morgan fingerprint density at radius 1 is 0.780 bits per heavy atom. The van der Waals surface area contributed by atoms with Gasteiger partial charge in [-0.25, -0.2) is 22.7 Å². The van der Waals surface area contributed by atoms with Crippen LogP contribution in [0.4, 0.5) is 28.7 Å². The van der Waals surface area contributed by atoms with E-state index in [0.29, 0.717) is 39.5 Å². The molecule has 0 atom stereocenters. The van der Waals surface area contributed by atoms with Crippen LogP contribution in [0, 0.1) is 6.92 Å². The monoisotopic (exact) mass is 569 g/mol. The van der Waals surface area contributed by atoms with E-state index >= 15 is 0 Å². The van der Waals surface area contributed by atoms with Crippen molar-refractivity contribution in [3.63, 3.8) is 0 Å². The molecule has 11 heteroatoms. The van der Waals surface area contributed by atoms with E-state index in [0.717, 1.165) is 9.87 Å². The first-order valence-corrected chi connectivity index (χ1v) is 13.7. The lowest BCUT2D eigenvalue weighted by molar-refractivity contribution is 0.102. The second-order valence-corrected chi connectivity index (χ2v) is 9.91. The van der Waals surface area contributed by atoms with E-state index in [2.05, 4.69) is 15.6 Å². The summed E-state index contributed by atoms with van der Waals surface area (Å²) >= 11 is 0. The number of anilines is 5. The topological polar surface area (TPSA) is 123 Å². The molecule has 0 aliphatic carbocycles. The second-order valence-electron chi connectivity index (χ2n) is 9.03. The number of rotatable bonds is 9. The average Bonchev–Trinajstić information content (AvgIpc) is 2.97. The standard InChI is InChI=1S/C30H27N5O5S/c1-19-11-13-20(14-12-19)30(36)32-21-7-6-8-23(15-21)35(41(37)38)29-28(33-26-9-4-5-10-27(26)34-29)31-22-16-24(39-2)18-25(17-22)40-3/h4-18,41H,1-3H3,(H,31,33)(H,32,36). The molecule has 1 aromatic heterocycles. The molecule has 0 aliphatic rings. The second kappa shape index (κ2) is 11.9. The fourth-order valence-electron chi connectivity index (χ4n) is 4.16. The molecule has 0 saturated heterocycles. The summed E-state index contributed by atoms with van der Waals surface area (Å²) in [5.74, 6) is 0.979. The summed E-state index contributed by atoms with van der Waals surface area (Å²) < 4.78 is 37.3. The van der Waals surface area contributed by atoms with Gasteiger partial charge in [-0.15, -0.1) is 0 Å². The van der Waals surface area contributed by atoms with E-state index < -0.39 is 10.9 Å². The van der Waals surface area contributed by atoms with E-state index in [1.165, 1.54) is 14.2 Å². The van der Waals surface area contributed by atoms with Gasteiger partial charge >= 0.3 is 0 Å². The third-order valence-corrected chi connectivity index (χ3v) is 6.94. The highest BCUT2D eigenvalue weighted by atomic mass is 32.2. The molecule has 1 amide bonds. The quantitative estimate of drug-likeness (QED) is 0.196. The van der Waals surface area contributed by atoms with Crippen molar-refractivity contribution >= 4 is 56.5 Å². The number of benzene rings is 4. The Bertz CT molecular complexity index is 1780. The zero-order valence-corrected chi connectivity index (χ0v) is 23.4. The van der Waals surface area contributed by atoms with Crippen LogP contribution >= 0.6 is 0 Å².